The highest BCUT2D eigenvalue weighted by molar-refractivity contribution is 7.90. The molecular weight excluding hydrogens is 476 g/mol. The lowest BCUT2D eigenvalue weighted by Gasteiger charge is -2.24. The van der Waals surface area contributed by atoms with Gasteiger partial charge in [0.1, 0.15) is 0 Å². The molecule has 186 valence electrons. The van der Waals surface area contributed by atoms with Crippen LogP contribution >= 0.6 is 0 Å². The number of pyridine rings is 1. The SMILES string of the molecule is Cc1cc2c(c(NC(=O)NS(=O)(=O)c3ccn(CC4CCC4)n3)c1-c1ccn3nccc3c1)CCC2. The number of aryl methyl sites for hydroxylation is 2. The third-order valence-electron chi connectivity index (χ3n) is 7.31. The maximum absolute atomic E-state index is 13.1. The number of anilines is 1. The van der Waals surface area contributed by atoms with Crippen LogP contribution in [0.3, 0.4) is 0 Å². The molecule has 0 saturated heterocycles. The van der Waals surface area contributed by atoms with E-state index in [0.29, 0.717) is 18.2 Å². The van der Waals surface area contributed by atoms with Gasteiger partial charge in [-0.15, -0.1) is 0 Å². The Morgan fingerprint density at radius 2 is 1.97 bits per heavy atom. The zero-order valence-corrected chi connectivity index (χ0v) is 20.9. The van der Waals surface area contributed by atoms with Gasteiger partial charge in [0.2, 0.25) is 0 Å². The molecule has 2 N–H and O–H groups in total. The minimum absolute atomic E-state index is 0.155. The molecular formula is C26H28N6O3S. The van der Waals surface area contributed by atoms with Gasteiger partial charge >= 0.3 is 6.03 Å². The third kappa shape index (κ3) is 4.15. The van der Waals surface area contributed by atoms with E-state index in [0.717, 1.165) is 59.9 Å². The number of fused-ring (bicyclic) bond motifs is 2. The molecule has 6 rings (SSSR count). The Morgan fingerprint density at radius 1 is 1.11 bits per heavy atom. The van der Waals surface area contributed by atoms with Crippen molar-refractivity contribution in [3.63, 3.8) is 0 Å². The van der Waals surface area contributed by atoms with Crippen LogP contribution in [0.5, 0.6) is 0 Å². The van der Waals surface area contributed by atoms with Gasteiger partial charge in [0.25, 0.3) is 10.0 Å². The summed E-state index contributed by atoms with van der Waals surface area (Å²) in [7, 11) is -4.11. The molecule has 3 aromatic heterocycles. The second-order valence-corrected chi connectivity index (χ2v) is 11.4. The third-order valence-corrected chi connectivity index (χ3v) is 8.54. The second kappa shape index (κ2) is 8.77. The van der Waals surface area contributed by atoms with E-state index in [1.54, 1.807) is 21.6 Å². The standard InChI is InChI=1S/C26H28N6O3S/c1-17-14-19-6-3-7-22(19)25(24(17)20-9-13-32-21(15-20)8-11-27-32)28-26(33)30-36(34,35)23-10-12-31(29-23)16-18-4-2-5-18/h8-15,18H,2-7,16H2,1H3,(H2,28,30,33). The number of carbonyl (C=O) groups is 1. The number of nitrogens with one attached hydrogen (secondary N) is 2. The number of hydrogen-bond acceptors (Lipinski definition) is 5. The minimum atomic E-state index is -4.11. The number of amides is 2. The van der Waals surface area contributed by atoms with Crippen LogP contribution in [-0.2, 0) is 29.4 Å². The van der Waals surface area contributed by atoms with Crippen LogP contribution < -0.4 is 10.0 Å². The maximum atomic E-state index is 13.1. The number of sulfonamides is 1. The van der Waals surface area contributed by atoms with Crippen molar-refractivity contribution in [1.29, 1.82) is 0 Å². The van der Waals surface area contributed by atoms with Crippen molar-refractivity contribution in [2.75, 3.05) is 5.32 Å². The van der Waals surface area contributed by atoms with Crippen molar-refractivity contribution < 1.29 is 13.2 Å². The molecule has 1 saturated carbocycles. The Labute approximate surface area is 209 Å². The van der Waals surface area contributed by atoms with E-state index in [2.05, 4.69) is 26.3 Å². The van der Waals surface area contributed by atoms with Crippen LogP contribution in [0.15, 0.2) is 53.9 Å². The second-order valence-electron chi connectivity index (χ2n) is 9.78. The van der Waals surface area contributed by atoms with Crippen molar-refractivity contribution in [3.8, 4) is 11.1 Å². The summed E-state index contributed by atoms with van der Waals surface area (Å²) in [6.45, 7) is 2.71. The molecule has 2 aliphatic carbocycles. The molecule has 0 aliphatic heterocycles. The summed E-state index contributed by atoms with van der Waals surface area (Å²) in [5, 5.41) is 11.2. The fourth-order valence-electron chi connectivity index (χ4n) is 5.32. The van der Waals surface area contributed by atoms with Crippen molar-refractivity contribution in [3.05, 3.63) is 65.6 Å². The highest BCUT2D eigenvalue weighted by Gasteiger charge is 2.26. The molecule has 10 heteroatoms. The monoisotopic (exact) mass is 504 g/mol. The number of hydrogen-bond donors (Lipinski definition) is 2. The topological polar surface area (TPSA) is 110 Å². The van der Waals surface area contributed by atoms with E-state index < -0.39 is 16.1 Å². The van der Waals surface area contributed by atoms with Gasteiger partial charge in [0.05, 0.1) is 11.2 Å². The Morgan fingerprint density at radius 3 is 2.78 bits per heavy atom. The molecule has 0 spiro atoms. The Balaban J connectivity index is 1.29. The molecule has 1 aromatic carbocycles. The van der Waals surface area contributed by atoms with E-state index in [9.17, 15) is 13.2 Å². The minimum Gasteiger partial charge on any atom is -0.306 e. The quantitative estimate of drug-likeness (QED) is 0.407. The number of carbonyl (C=O) groups excluding carboxylic acids is 1. The number of nitrogens with zero attached hydrogens (tertiary/aromatic N) is 4. The maximum Gasteiger partial charge on any atom is 0.333 e. The molecule has 4 aromatic rings. The van der Waals surface area contributed by atoms with Crippen LogP contribution in [-0.4, -0.2) is 33.8 Å². The molecule has 0 radical (unpaired) electrons. The molecule has 0 unspecified atom stereocenters. The van der Waals surface area contributed by atoms with Gasteiger partial charge in [-0.05, 0) is 91.5 Å². The van der Waals surface area contributed by atoms with Gasteiger partial charge < -0.3 is 5.32 Å². The van der Waals surface area contributed by atoms with Crippen LogP contribution in [0.1, 0.15) is 42.4 Å². The molecule has 3 heterocycles. The highest BCUT2D eigenvalue weighted by atomic mass is 32.2. The largest absolute Gasteiger partial charge is 0.333 e. The van der Waals surface area contributed by atoms with Crippen LogP contribution in [0.4, 0.5) is 10.5 Å². The number of urea groups is 1. The average Bonchev–Trinajstić information content (AvgIpc) is 3.55. The summed E-state index contributed by atoms with van der Waals surface area (Å²) < 4.78 is 31.5. The van der Waals surface area contributed by atoms with E-state index in [-0.39, 0.29) is 5.03 Å². The van der Waals surface area contributed by atoms with E-state index in [1.807, 2.05) is 31.3 Å². The molecule has 2 aliphatic rings. The Kier molecular flexibility index (Phi) is 5.55. The zero-order chi connectivity index (χ0) is 24.9. The molecule has 1 fully saturated rings. The van der Waals surface area contributed by atoms with Crippen LogP contribution in [0.25, 0.3) is 16.6 Å². The predicted molar refractivity (Wildman–Crippen MR) is 136 cm³/mol. The smallest absolute Gasteiger partial charge is 0.306 e. The van der Waals surface area contributed by atoms with Crippen molar-refractivity contribution >= 4 is 27.3 Å². The van der Waals surface area contributed by atoms with Gasteiger partial charge in [0, 0.05) is 30.7 Å². The first-order valence-corrected chi connectivity index (χ1v) is 13.8. The van der Waals surface area contributed by atoms with Gasteiger partial charge in [-0.25, -0.2) is 14.0 Å². The number of benzene rings is 1. The molecule has 9 nitrogen and oxygen atoms in total. The fraction of sp³-hybridized carbons (Fsp3) is 0.346. The lowest BCUT2D eigenvalue weighted by atomic mass is 9.85. The van der Waals surface area contributed by atoms with Crippen molar-refractivity contribution in [2.24, 2.45) is 5.92 Å². The van der Waals surface area contributed by atoms with Gasteiger partial charge in [-0.3, -0.25) is 4.68 Å². The van der Waals surface area contributed by atoms with E-state index in [4.69, 9.17) is 0 Å². The lowest BCUT2D eigenvalue weighted by Crippen LogP contribution is -2.35. The van der Waals surface area contributed by atoms with E-state index >= 15 is 0 Å². The number of rotatable bonds is 6. The summed E-state index contributed by atoms with van der Waals surface area (Å²) in [6, 6.07) is 8.71. The zero-order valence-electron chi connectivity index (χ0n) is 20.1. The summed E-state index contributed by atoms with van der Waals surface area (Å²) in [5.41, 5.74) is 6.68. The lowest BCUT2D eigenvalue weighted by molar-refractivity contribution is 0.256. The molecule has 0 atom stereocenters. The summed E-state index contributed by atoms with van der Waals surface area (Å²) in [5.74, 6) is 0.542. The normalized spacial score (nSPS) is 15.6. The molecule has 2 amide bonds. The van der Waals surface area contributed by atoms with E-state index in [1.165, 1.54) is 18.1 Å². The average molecular weight is 505 g/mol. The predicted octanol–water partition coefficient (Wildman–Crippen LogP) is 4.31. The van der Waals surface area contributed by atoms with Crippen molar-refractivity contribution in [1.82, 2.24) is 24.1 Å². The van der Waals surface area contributed by atoms with Gasteiger partial charge in [0.15, 0.2) is 5.03 Å². The summed E-state index contributed by atoms with van der Waals surface area (Å²) in [4.78, 5) is 13.1. The van der Waals surface area contributed by atoms with Gasteiger partial charge in [-0.2, -0.15) is 18.6 Å². The van der Waals surface area contributed by atoms with Crippen molar-refractivity contribution in [2.45, 2.75) is 57.0 Å². The molecule has 36 heavy (non-hydrogen) atoms. The first-order chi connectivity index (χ1) is 17.4. The summed E-state index contributed by atoms with van der Waals surface area (Å²) in [6.07, 6.45) is 11.5. The van der Waals surface area contributed by atoms with Crippen LogP contribution in [0, 0.1) is 12.8 Å². The first-order valence-electron chi connectivity index (χ1n) is 12.3. The van der Waals surface area contributed by atoms with Gasteiger partial charge in [-0.1, -0.05) is 12.5 Å². The Hall–Kier alpha value is -3.66. The Bertz CT molecular complexity index is 1580. The highest BCUT2D eigenvalue weighted by Crippen LogP contribution is 2.40. The van der Waals surface area contributed by atoms with Crippen LogP contribution in [0.2, 0.25) is 0 Å². The summed E-state index contributed by atoms with van der Waals surface area (Å²) >= 11 is 0. The molecule has 0 bridgehead atoms. The fourth-order valence-corrected chi connectivity index (χ4v) is 6.17. The number of aromatic nitrogens is 4. The first kappa shape index (κ1) is 22.8.